The molecule has 4 aromatic rings. The highest BCUT2D eigenvalue weighted by atomic mass is 32.1. The third kappa shape index (κ3) is 3.47. The van der Waals surface area contributed by atoms with Crippen molar-refractivity contribution in [2.24, 2.45) is 0 Å². The number of hydrogen-bond acceptors (Lipinski definition) is 4. The second-order valence-electron chi connectivity index (χ2n) is 5.77. The van der Waals surface area contributed by atoms with Crippen LogP contribution in [0.25, 0.3) is 9.75 Å². The van der Waals surface area contributed by atoms with Crippen molar-refractivity contribution >= 4 is 22.7 Å². The third-order valence-electron chi connectivity index (χ3n) is 3.79. The summed E-state index contributed by atoms with van der Waals surface area (Å²) in [6.45, 7) is 2.08. The topological polar surface area (TPSA) is 41.6 Å². The summed E-state index contributed by atoms with van der Waals surface area (Å²) < 4.78 is 0. The van der Waals surface area contributed by atoms with Gasteiger partial charge in [0.15, 0.2) is 0 Å². The van der Waals surface area contributed by atoms with E-state index >= 15 is 0 Å². The van der Waals surface area contributed by atoms with E-state index < -0.39 is 0 Å². The highest BCUT2D eigenvalue weighted by Crippen LogP contribution is 2.33. The van der Waals surface area contributed by atoms with Gasteiger partial charge in [-0.1, -0.05) is 6.07 Å². The van der Waals surface area contributed by atoms with Crippen LogP contribution in [-0.2, 0) is 12.8 Å². The van der Waals surface area contributed by atoms with Crippen molar-refractivity contribution in [1.82, 2.24) is 15.0 Å². The molecule has 0 atom stereocenters. The summed E-state index contributed by atoms with van der Waals surface area (Å²) in [5, 5.41) is 1.15. The van der Waals surface area contributed by atoms with Crippen LogP contribution in [0.4, 0.5) is 0 Å². The number of thiazole rings is 1. The number of H-pyrrole nitrogens is 1. The summed E-state index contributed by atoms with van der Waals surface area (Å²) in [6.07, 6.45) is 7.55. The Morgan fingerprint density at radius 3 is 2.71 bits per heavy atom. The van der Waals surface area contributed by atoms with Crippen LogP contribution in [0.1, 0.15) is 26.8 Å². The van der Waals surface area contributed by atoms with E-state index in [1.54, 1.807) is 11.3 Å². The number of aryl methyl sites for hydroxylation is 1. The van der Waals surface area contributed by atoms with E-state index in [2.05, 4.69) is 52.2 Å². The number of rotatable bonds is 5. The smallest absolute Gasteiger partial charge is 0.0990 e. The van der Waals surface area contributed by atoms with Crippen molar-refractivity contribution < 1.29 is 0 Å². The Hall–Kier alpha value is -2.24. The van der Waals surface area contributed by atoms with Crippen LogP contribution >= 0.6 is 22.7 Å². The third-order valence-corrected chi connectivity index (χ3v) is 6.07. The fourth-order valence-electron chi connectivity index (χ4n) is 2.64. The first-order valence-electron chi connectivity index (χ1n) is 7.83. The maximum atomic E-state index is 4.59. The summed E-state index contributed by atoms with van der Waals surface area (Å²) >= 11 is 3.62. The van der Waals surface area contributed by atoms with Gasteiger partial charge in [0.2, 0.25) is 0 Å². The van der Waals surface area contributed by atoms with Gasteiger partial charge in [0, 0.05) is 52.6 Å². The molecule has 1 N–H and O–H groups in total. The fourth-order valence-corrected chi connectivity index (χ4v) is 4.70. The average molecular weight is 352 g/mol. The first-order chi connectivity index (χ1) is 11.8. The quantitative estimate of drug-likeness (QED) is 0.544. The van der Waals surface area contributed by atoms with Crippen LogP contribution in [-0.4, -0.2) is 15.0 Å². The Bertz CT molecular complexity index is 934. The minimum Gasteiger partial charge on any atom is -0.362 e. The summed E-state index contributed by atoms with van der Waals surface area (Å²) in [5.74, 6) is 0. The molecule has 0 aliphatic carbocycles. The van der Waals surface area contributed by atoms with Gasteiger partial charge >= 0.3 is 0 Å². The van der Waals surface area contributed by atoms with Crippen molar-refractivity contribution in [2.75, 3.05) is 0 Å². The van der Waals surface area contributed by atoms with E-state index in [4.69, 9.17) is 0 Å². The average Bonchev–Trinajstić information content (AvgIpc) is 3.31. The van der Waals surface area contributed by atoms with Crippen LogP contribution in [0.5, 0.6) is 0 Å². The largest absolute Gasteiger partial charge is 0.362 e. The molecular weight excluding hydrogens is 334 g/mol. The number of aromatic amines is 1. The molecule has 0 spiro atoms. The normalized spacial score (nSPS) is 11.0. The van der Waals surface area contributed by atoms with Crippen molar-refractivity contribution in [2.45, 2.75) is 19.8 Å². The van der Waals surface area contributed by atoms with Gasteiger partial charge < -0.3 is 4.98 Å². The lowest BCUT2D eigenvalue weighted by molar-refractivity contribution is 1.06. The Balaban J connectivity index is 1.48. The van der Waals surface area contributed by atoms with E-state index in [0.29, 0.717) is 0 Å². The molecule has 24 heavy (non-hydrogen) atoms. The minimum absolute atomic E-state index is 0.867. The van der Waals surface area contributed by atoms with Crippen LogP contribution in [0, 0.1) is 6.92 Å². The maximum Gasteiger partial charge on any atom is 0.0990 e. The summed E-state index contributed by atoms with van der Waals surface area (Å²) in [6, 6.07) is 12.8. The molecule has 0 saturated carbocycles. The van der Waals surface area contributed by atoms with Crippen molar-refractivity contribution in [3.8, 4) is 9.75 Å². The molecule has 4 aromatic heterocycles. The molecule has 0 amide bonds. The second kappa shape index (κ2) is 6.71. The lowest BCUT2D eigenvalue weighted by Gasteiger charge is -1.96. The SMILES string of the molecule is Cc1ccc(Cc2ncc(-c3ccc(Cc4cccnc4)s3)s2)[nH]1. The van der Waals surface area contributed by atoms with E-state index in [1.165, 1.54) is 31.6 Å². The molecule has 0 aliphatic rings. The monoisotopic (exact) mass is 351 g/mol. The summed E-state index contributed by atoms with van der Waals surface area (Å²) in [4.78, 5) is 16.0. The van der Waals surface area contributed by atoms with Crippen molar-refractivity contribution in [3.63, 3.8) is 0 Å². The maximum absolute atomic E-state index is 4.59. The van der Waals surface area contributed by atoms with Crippen molar-refractivity contribution in [3.05, 3.63) is 81.8 Å². The fraction of sp³-hybridized carbons (Fsp3) is 0.158. The summed E-state index contributed by atoms with van der Waals surface area (Å²) in [7, 11) is 0. The number of hydrogen-bond donors (Lipinski definition) is 1. The number of pyridine rings is 1. The lowest BCUT2D eigenvalue weighted by atomic mass is 10.2. The second-order valence-corrected chi connectivity index (χ2v) is 8.05. The predicted molar refractivity (Wildman–Crippen MR) is 101 cm³/mol. The van der Waals surface area contributed by atoms with Crippen LogP contribution < -0.4 is 0 Å². The number of aromatic nitrogens is 3. The molecule has 0 unspecified atom stereocenters. The predicted octanol–water partition coefficient (Wildman–Crippen LogP) is 5.08. The van der Waals surface area contributed by atoms with Gasteiger partial charge in [0.25, 0.3) is 0 Å². The van der Waals surface area contributed by atoms with Gasteiger partial charge in [0.05, 0.1) is 9.88 Å². The standard InChI is InChI=1S/C19H17N3S2/c1-13-4-5-15(22-13)10-19-21-12-18(24-19)17-7-6-16(23-17)9-14-3-2-8-20-11-14/h2-8,11-12,22H,9-10H2,1H3. The van der Waals surface area contributed by atoms with Gasteiger partial charge in [-0.2, -0.15) is 0 Å². The zero-order valence-corrected chi connectivity index (χ0v) is 15.0. The van der Waals surface area contributed by atoms with E-state index in [1.807, 2.05) is 36.0 Å². The minimum atomic E-state index is 0.867. The first-order valence-corrected chi connectivity index (χ1v) is 9.47. The Morgan fingerprint density at radius 2 is 1.92 bits per heavy atom. The highest BCUT2D eigenvalue weighted by Gasteiger charge is 2.09. The van der Waals surface area contributed by atoms with Gasteiger partial charge in [-0.3, -0.25) is 4.98 Å². The molecule has 0 radical (unpaired) electrons. The molecule has 0 saturated heterocycles. The Morgan fingerprint density at radius 1 is 0.958 bits per heavy atom. The van der Waals surface area contributed by atoms with Gasteiger partial charge in [-0.25, -0.2) is 4.98 Å². The van der Waals surface area contributed by atoms with Gasteiger partial charge in [0.1, 0.15) is 0 Å². The highest BCUT2D eigenvalue weighted by molar-refractivity contribution is 7.22. The van der Waals surface area contributed by atoms with Crippen LogP contribution in [0.3, 0.4) is 0 Å². The molecular formula is C19H17N3S2. The molecule has 120 valence electrons. The number of nitrogens with zero attached hydrogens (tertiary/aromatic N) is 2. The number of nitrogens with one attached hydrogen (secondary N) is 1. The molecule has 0 aromatic carbocycles. The molecule has 0 fully saturated rings. The van der Waals surface area contributed by atoms with E-state index in [9.17, 15) is 0 Å². The van der Waals surface area contributed by atoms with Gasteiger partial charge in [-0.15, -0.1) is 22.7 Å². The Kier molecular flexibility index (Phi) is 4.28. The van der Waals surface area contributed by atoms with Crippen molar-refractivity contribution in [1.29, 1.82) is 0 Å². The summed E-state index contributed by atoms with van der Waals surface area (Å²) in [5.41, 5.74) is 3.66. The molecule has 5 heteroatoms. The zero-order valence-electron chi connectivity index (χ0n) is 13.3. The zero-order chi connectivity index (χ0) is 16.4. The number of thiophene rings is 1. The first kappa shape index (κ1) is 15.3. The molecule has 3 nitrogen and oxygen atoms in total. The molecule has 4 heterocycles. The molecule has 0 bridgehead atoms. The van der Waals surface area contributed by atoms with E-state index in [-0.39, 0.29) is 0 Å². The van der Waals surface area contributed by atoms with E-state index in [0.717, 1.165) is 17.8 Å². The molecule has 4 rings (SSSR count). The lowest BCUT2D eigenvalue weighted by Crippen LogP contribution is -1.86. The van der Waals surface area contributed by atoms with Crippen LogP contribution in [0.15, 0.2) is 55.0 Å². The molecule has 0 aliphatic heterocycles. The Labute approximate surface area is 149 Å². The van der Waals surface area contributed by atoms with Gasteiger partial charge in [-0.05, 0) is 42.8 Å². The van der Waals surface area contributed by atoms with Crippen LogP contribution in [0.2, 0.25) is 0 Å².